The molecular weight excluding hydrogens is 576 g/mol. The molecule has 1 aromatic heterocycles. The average Bonchev–Trinajstić information content (AvgIpc) is 3.37. The number of amides is 3. The van der Waals surface area contributed by atoms with Crippen molar-refractivity contribution in [2.24, 2.45) is 5.92 Å². The Kier molecular flexibility index (Phi) is 11.3. The lowest BCUT2D eigenvalue weighted by Crippen LogP contribution is -2.43. The summed E-state index contributed by atoms with van der Waals surface area (Å²) < 4.78 is 32.0. The highest BCUT2D eigenvalue weighted by atomic mass is 32.2. The van der Waals surface area contributed by atoms with Crippen molar-refractivity contribution in [3.8, 4) is 5.75 Å². The van der Waals surface area contributed by atoms with Crippen LogP contribution in [0.4, 0.5) is 16.2 Å². The van der Waals surface area contributed by atoms with Crippen LogP contribution in [0.1, 0.15) is 43.0 Å². The third kappa shape index (κ3) is 10.4. The zero-order chi connectivity index (χ0) is 31.7. The molecule has 13 nitrogen and oxygen atoms in total. The lowest BCUT2D eigenvalue weighted by molar-refractivity contribution is -0.139. The van der Waals surface area contributed by atoms with Gasteiger partial charge in [0.2, 0.25) is 15.9 Å². The van der Waals surface area contributed by atoms with Crippen molar-refractivity contribution < 1.29 is 32.6 Å². The first-order chi connectivity index (χ1) is 20.2. The highest BCUT2D eigenvalue weighted by molar-refractivity contribution is 7.88. The molecule has 0 aliphatic rings. The summed E-state index contributed by atoms with van der Waals surface area (Å²) in [6, 6.07) is 10.2. The second-order valence-electron chi connectivity index (χ2n) is 10.6. The van der Waals surface area contributed by atoms with Crippen molar-refractivity contribution in [3.05, 3.63) is 71.5 Å². The quantitative estimate of drug-likeness (QED) is 0.183. The maximum absolute atomic E-state index is 13.1. The van der Waals surface area contributed by atoms with Crippen LogP contribution in [0.2, 0.25) is 0 Å². The van der Waals surface area contributed by atoms with E-state index < -0.39 is 34.1 Å². The summed E-state index contributed by atoms with van der Waals surface area (Å²) in [6.45, 7) is 5.67. The molecule has 2 aromatic carbocycles. The Morgan fingerprint density at radius 2 is 1.77 bits per heavy atom. The monoisotopic (exact) mass is 614 g/mol. The van der Waals surface area contributed by atoms with Gasteiger partial charge >= 0.3 is 12.0 Å². The number of sulfonamides is 1. The molecule has 0 fully saturated rings. The predicted octanol–water partition coefficient (Wildman–Crippen LogP) is 3.29. The standard InChI is InChI=1S/C29H38N6O7S/c1-18(2)12-24(21-15-30-35(16-21)17-25(28(37)38)34-43(5,40)41)31-27(36)14-20-10-11-23(26(13-20)42-4)33-29(39)32-22-9-7-6-8-19(22)3/h6-11,13,15-16,18,24-25,34H,12,14,17H2,1-5H3,(H,31,36)(H,37,38)(H2,32,33,39). The van der Waals surface area contributed by atoms with E-state index in [0.29, 0.717) is 34.7 Å². The van der Waals surface area contributed by atoms with Crippen LogP contribution >= 0.6 is 0 Å². The molecule has 5 N–H and O–H groups in total. The van der Waals surface area contributed by atoms with Gasteiger partial charge < -0.3 is 25.8 Å². The maximum Gasteiger partial charge on any atom is 0.323 e. The van der Waals surface area contributed by atoms with E-state index in [4.69, 9.17) is 4.74 Å². The van der Waals surface area contributed by atoms with Crippen molar-refractivity contribution in [2.45, 2.75) is 52.2 Å². The van der Waals surface area contributed by atoms with Crippen molar-refractivity contribution in [3.63, 3.8) is 0 Å². The number of para-hydroxylation sites is 1. The van der Waals surface area contributed by atoms with Gasteiger partial charge in [-0.25, -0.2) is 13.2 Å². The van der Waals surface area contributed by atoms with Gasteiger partial charge in [-0.05, 0) is 48.6 Å². The number of aromatic nitrogens is 2. The average molecular weight is 615 g/mol. The van der Waals surface area contributed by atoms with Crippen molar-refractivity contribution in [2.75, 3.05) is 24.0 Å². The third-order valence-corrected chi connectivity index (χ3v) is 7.11. The van der Waals surface area contributed by atoms with Crippen LogP contribution in [0.15, 0.2) is 54.9 Å². The molecule has 0 aliphatic carbocycles. The largest absolute Gasteiger partial charge is 0.495 e. The SMILES string of the molecule is COc1cc(CC(=O)NC(CC(C)C)c2cnn(CC(NS(C)(=O)=O)C(=O)O)c2)ccc1NC(=O)Nc1ccccc1C. The fourth-order valence-electron chi connectivity index (χ4n) is 4.39. The van der Waals surface area contributed by atoms with Gasteiger partial charge in [0.05, 0.1) is 44.3 Å². The van der Waals surface area contributed by atoms with Gasteiger partial charge in [-0.15, -0.1) is 0 Å². The molecule has 1 heterocycles. The molecule has 2 atom stereocenters. The number of urea groups is 1. The molecule has 0 bridgehead atoms. The van der Waals surface area contributed by atoms with Crippen molar-refractivity contribution in [1.29, 1.82) is 0 Å². The number of anilines is 2. The minimum absolute atomic E-state index is 0.0359. The van der Waals surface area contributed by atoms with Crippen molar-refractivity contribution in [1.82, 2.24) is 19.8 Å². The molecule has 14 heteroatoms. The van der Waals surface area contributed by atoms with Crippen molar-refractivity contribution >= 4 is 39.3 Å². The lowest BCUT2D eigenvalue weighted by Gasteiger charge is -2.20. The van der Waals surface area contributed by atoms with Crippen LogP contribution in [0, 0.1) is 12.8 Å². The van der Waals surface area contributed by atoms with E-state index in [1.165, 1.54) is 18.0 Å². The van der Waals surface area contributed by atoms with E-state index in [2.05, 4.69) is 25.8 Å². The number of nitrogens with zero attached hydrogens (tertiary/aromatic N) is 2. The lowest BCUT2D eigenvalue weighted by atomic mass is 9.99. The van der Waals surface area contributed by atoms with Crippen LogP contribution in [0.5, 0.6) is 5.75 Å². The number of hydrogen-bond donors (Lipinski definition) is 5. The zero-order valence-corrected chi connectivity index (χ0v) is 25.6. The summed E-state index contributed by atoms with van der Waals surface area (Å²) in [5, 5.41) is 22.2. The fraction of sp³-hybridized carbons (Fsp3) is 0.379. The van der Waals surface area contributed by atoms with Gasteiger partial charge in [0.25, 0.3) is 0 Å². The van der Waals surface area contributed by atoms with Gasteiger partial charge in [-0.3, -0.25) is 14.3 Å². The number of nitrogens with one attached hydrogen (secondary N) is 4. The summed E-state index contributed by atoms with van der Waals surface area (Å²) in [7, 11) is -2.28. The fourth-order valence-corrected chi connectivity index (χ4v) is 5.08. The number of aryl methyl sites for hydroxylation is 1. The number of carbonyl (C=O) groups excluding carboxylic acids is 2. The summed E-state index contributed by atoms with van der Waals surface area (Å²) >= 11 is 0. The zero-order valence-electron chi connectivity index (χ0n) is 24.7. The summed E-state index contributed by atoms with van der Waals surface area (Å²) in [5.74, 6) is -0.997. The molecule has 232 valence electrons. The molecule has 0 spiro atoms. The van der Waals surface area contributed by atoms with Crippen LogP contribution in [-0.2, 0) is 32.6 Å². The van der Waals surface area contributed by atoms with E-state index in [1.807, 2.05) is 39.0 Å². The summed E-state index contributed by atoms with van der Waals surface area (Å²) in [4.78, 5) is 37.2. The molecule has 0 radical (unpaired) electrons. The van der Waals surface area contributed by atoms with E-state index in [9.17, 15) is 27.9 Å². The van der Waals surface area contributed by atoms with Gasteiger partial charge in [0.15, 0.2) is 0 Å². The third-order valence-electron chi connectivity index (χ3n) is 6.39. The van der Waals surface area contributed by atoms with Gasteiger partial charge in [0.1, 0.15) is 11.8 Å². The maximum atomic E-state index is 13.1. The number of hydrogen-bond acceptors (Lipinski definition) is 7. The highest BCUT2D eigenvalue weighted by Gasteiger charge is 2.24. The first kappa shape index (κ1) is 33.1. The summed E-state index contributed by atoms with van der Waals surface area (Å²) in [5.41, 5.74) is 3.35. The Morgan fingerprint density at radius 3 is 2.40 bits per heavy atom. The van der Waals surface area contributed by atoms with E-state index in [-0.39, 0.29) is 24.8 Å². The molecule has 3 aromatic rings. The molecule has 3 amide bonds. The Bertz CT molecular complexity index is 1550. The number of carboxylic acids is 1. The normalized spacial score (nSPS) is 12.8. The Hall–Kier alpha value is -4.43. The van der Waals surface area contributed by atoms with Crippen LogP contribution < -0.4 is 25.4 Å². The second-order valence-corrected chi connectivity index (χ2v) is 12.4. The second kappa shape index (κ2) is 14.6. The number of carbonyl (C=O) groups is 3. The van der Waals surface area contributed by atoms with Crippen LogP contribution in [-0.4, -0.2) is 60.6 Å². The first-order valence-electron chi connectivity index (χ1n) is 13.6. The molecular formula is C29H38N6O7S. The van der Waals surface area contributed by atoms with E-state index in [0.717, 1.165) is 11.8 Å². The summed E-state index contributed by atoms with van der Waals surface area (Å²) in [6.07, 6.45) is 4.63. The Labute approximate surface area is 251 Å². The molecule has 0 saturated carbocycles. The van der Waals surface area contributed by atoms with Crippen LogP contribution in [0.3, 0.4) is 0 Å². The number of benzene rings is 2. The topological polar surface area (TPSA) is 181 Å². The molecule has 2 unspecified atom stereocenters. The van der Waals surface area contributed by atoms with Gasteiger partial charge in [0, 0.05) is 17.4 Å². The number of ether oxygens (including phenoxy) is 1. The van der Waals surface area contributed by atoms with E-state index >= 15 is 0 Å². The first-order valence-corrected chi connectivity index (χ1v) is 15.5. The van der Waals surface area contributed by atoms with Gasteiger partial charge in [-0.2, -0.15) is 9.82 Å². The number of aliphatic carboxylic acids is 1. The number of methoxy groups -OCH3 is 1. The number of rotatable bonds is 14. The number of carboxylic acid groups (broad SMARTS) is 1. The Balaban J connectivity index is 1.68. The molecule has 3 rings (SSSR count). The minimum Gasteiger partial charge on any atom is -0.495 e. The van der Waals surface area contributed by atoms with Gasteiger partial charge in [-0.1, -0.05) is 38.1 Å². The molecule has 0 aliphatic heterocycles. The minimum atomic E-state index is -3.75. The Morgan fingerprint density at radius 1 is 1.07 bits per heavy atom. The smallest absolute Gasteiger partial charge is 0.323 e. The van der Waals surface area contributed by atoms with E-state index in [1.54, 1.807) is 30.5 Å². The van der Waals surface area contributed by atoms with Crippen LogP contribution in [0.25, 0.3) is 0 Å². The highest BCUT2D eigenvalue weighted by Crippen LogP contribution is 2.27. The molecule has 0 saturated heterocycles. The molecule has 43 heavy (non-hydrogen) atoms. The predicted molar refractivity (Wildman–Crippen MR) is 162 cm³/mol.